The highest BCUT2D eigenvalue weighted by molar-refractivity contribution is 5.36. The first-order valence-electron chi connectivity index (χ1n) is 8.16. The van der Waals surface area contributed by atoms with Crippen molar-refractivity contribution in [3.05, 3.63) is 48.0 Å². The van der Waals surface area contributed by atoms with E-state index >= 15 is 0 Å². The van der Waals surface area contributed by atoms with Crippen LogP contribution in [-0.2, 0) is 6.54 Å². The molecular formula is C17H22N8. The quantitative estimate of drug-likeness (QED) is 0.738. The van der Waals surface area contributed by atoms with E-state index in [1.54, 1.807) is 4.68 Å². The summed E-state index contributed by atoms with van der Waals surface area (Å²) in [4.78, 5) is 15.2. The van der Waals surface area contributed by atoms with Crippen molar-refractivity contribution in [2.75, 3.05) is 24.3 Å². The fourth-order valence-electron chi connectivity index (χ4n) is 2.17. The molecule has 0 saturated carbocycles. The van der Waals surface area contributed by atoms with Gasteiger partial charge in [0.2, 0.25) is 11.9 Å². The smallest absolute Gasteiger partial charge is 0.229 e. The van der Waals surface area contributed by atoms with E-state index in [2.05, 4.69) is 44.4 Å². The van der Waals surface area contributed by atoms with Gasteiger partial charge < -0.3 is 10.2 Å². The molecule has 0 amide bonds. The van der Waals surface area contributed by atoms with Crippen LogP contribution in [0.4, 0.5) is 11.9 Å². The number of aromatic nitrogens is 6. The number of hydrogen-bond donors (Lipinski definition) is 1. The fourth-order valence-corrected chi connectivity index (χ4v) is 2.17. The maximum atomic E-state index is 4.48. The summed E-state index contributed by atoms with van der Waals surface area (Å²) >= 11 is 0. The van der Waals surface area contributed by atoms with Crippen molar-refractivity contribution in [3.63, 3.8) is 0 Å². The molecule has 0 radical (unpaired) electrons. The van der Waals surface area contributed by atoms with E-state index in [0.717, 1.165) is 17.2 Å². The van der Waals surface area contributed by atoms with Crippen LogP contribution in [0.15, 0.2) is 36.5 Å². The number of benzene rings is 1. The third kappa shape index (κ3) is 4.09. The minimum atomic E-state index is 0.223. The second-order valence-electron chi connectivity index (χ2n) is 6.21. The van der Waals surface area contributed by atoms with Gasteiger partial charge in [-0.05, 0) is 12.1 Å². The molecule has 0 bridgehead atoms. The summed E-state index contributed by atoms with van der Waals surface area (Å²) in [6.45, 7) is 4.61. The van der Waals surface area contributed by atoms with Crippen LogP contribution in [-0.4, -0.2) is 44.0 Å². The molecule has 130 valence electrons. The Morgan fingerprint density at radius 3 is 2.52 bits per heavy atom. The molecule has 1 aromatic carbocycles. The summed E-state index contributed by atoms with van der Waals surface area (Å²) in [6.07, 6.45) is 1.89. The molecule has 8 nitrogen and oxygen atoms in total. The third-order valence-electron chi connectivity index (χ3n) is 3.55. The van der Waals surface area contributed by atoms with Crippen molar-refractivity contribution in [2.45, 2.75) is 26.3 Å². The molecule has 0 fully saturated rings. The zero-order valence-electron chi connectivity index (χ0n) is 14.9. The van der Waals surface area contributed by atoms with Gasteiger partial charge in [0, 0.05) is 20.0 Å². The minimum Gasteiger partial charge on any atom is -0.348 e. The summed E-state index contributed by atoms with van der Waals surface area (Å²) < 4.78 is 1.75. The molecule has 0 saturated heterocycles. The molecule has 0 spiro atoms. The Bertz CT molecular complexity index is 799. The summed E-state index contributed by atoms with van der Waals surface area (Å²) in [5.41, 5.74) is 1.78. The van der Waals surface area contributed by atoms with E-state index in [-0.39, 0.29) is 5.92 Å². The average Bonchev–Trinajstić information content (AvgIpc) is 3.09. The van der Waals surface area contributed by atoms with Gasteiger partial charge in [-0.3, -0.25) is 0 Å². The van der Waals surface area contributed by atoms with Gasteiger partial charge in [0.15, 0.2) is 0 Å². The standard InChI is InChI=1S/C17H22N8/c1-12(2)15-19-16(21-17(20-15)24(3)4)18-10-13-11-25(23-22-13)14-8-6-5-7-9-14/h5-9,11-12H,10H2,1-4H3,(H,18,19,20,21). The van der Waals surface area contributed by atoms with Crippen molar-refractivity contribution < 1.29 is 0 Å². The van der Waals surface area contributed by atoms with E-state index < -0.39 is 0 Å². The minimum absolute atomic E-state index is 0.223. The van der Waals surface area contributed by atoms with Crippen molar-refractivity contribution >= 4 is 11.9 Å². The van der Waals surface area contributed by atoms with Gasteiger partial charge in [0.25, 0.3) is 0 Å². The van der Waals surface area contributed by atoms with Gasteiger partial charge in [-0.2, -0.15) is 15.0 Å². The lowest BCUT2D eigenvalue weighted by Crippen LogP contribution is -2.17. The zero-order chi connectivity index (χ0) is 17.8. The topological polar surface area (TPSA) is 84.7 Å². The first-order valence-corrected chi connectivity index (χ1v) is 8.16. The van der Waals surface area contributed by atoms with Crippen LogP contribution in [0.25, 0.3) is 5.69 Å². The first-order chi connectivity index (χ1) is 12.0. The maximum Gasteiger partial charge on any atom is 0.229 e. The second kappa shape index (κ2) is 7.25. The molecule has 0 aliphatic heterocycles. The first kappa shape index (κ1) is 16.8. The van der Waals surface area contributed by atoms with Crippen LogP contribution in [0.3, 0.4) is 0 Å². The van der Waals surface area contributed by atoms with Crippen molar-refractivity contribution in [1.29, 1.82) is 0 Å². The summed E-state index contributed by atoms with van der Waals surface area (Å²) in [5.74, 6) is 2.15. The molecule has 8 heteroatoms. The number of rotatable bonds is 6. The normalized spacial score (nSPS) is 10.9. The van der Waals surface area contributed by atoms with Gasteiger partial charge >= 0.3 is 0 Å². The third-order valence-corrected chi connectivity index (χ3v) is 3.55. The predicted molar refractivity (Wildman–Crippen MR) is 96.9 cm³/mol. The SMILES string of the molecule is CC(C)c1nc(NCc2cn(-c3ccccc3)nn2)nc(N(C)C)n1. The van der Waals surface area contributed by atoms with Crippen LogP contribution in [0.2, 0.25) is 0 Å². The molecule has 1 N–H and O–H groups in total. The van der Waals surface area contributed by atoms with Crippen LogP contribution >= 0.6 is 0 Å². The Kier molecular flexibility index (Phi) is 4.87. The molecule has 0 unspecified atom stereocenters. The van der Waals surface area contributed by atoms with Crippen LogP contribution < -0.4 is 10.2 Å². The number of para-hydroxylation sites is 1. The number of anilines is 2. The molecule has 0 atom stereocenters. The van der Waals surface area contributed by atoms with Gasteiger partial charge in [-0.15, -0.1) is 5.10 Å². The Balaban J connectivity index is 1.74. The number of hydrogen-bond acceptors (Lipinski definition) is 7. The summed E-state index contributed by atoms with van der Waals surface area (Å²) in [6, 6.07) is 9.87. The largest absolute Gasteiger partial charge is 0.348 e. The maximum absolute atomic E-state index is 4.48. The predicted octanol–water partition coefficient (Wildman–Crippen LogP) is 2.25. The Labute approximate surface area is 146 Å². The lowest BCUT2D eigenvalue weighted by Gasteiger charge is -2.14. The van der Waals surface area contributed by atoms with E-state index in [9.17, 15) is 0 Å². The van der Waals surface area contributed by atoms with Crippen LogP contribution in [0.1, 0.15) is 31.3 Å². The van der Waals surface area contributed by atoms with Gasteiger partial charge in [-0.25, -0.2) is 4.68 Å². The van der Waals surface area contributed by atoms with E-state index in [0.29, 0.717) is 18.4 Å². The molecule has 2 heterocycles. The Hall–Kier alpha value is -3.03. The molecule has 0 aliphatic carbocycles. The molecule has 3 aromatic rings. The highest BCUT2D eigenvalue weighted by Crippen LogP contribution is 2.15. The number of nitrogens with one attached hydrogen (secondary N) is 1. The Morgan fingerprint density at radius 1 is 1.08 bits per heavy atom. The monoisotopic (exact) mass is 338 g/mol. The van der Waals surface area contributed by atoms with Crippen LogP contribution in [0, 0.1) is 0 Å². The van der Waals surface area contributed by atoms with Gasteiger partial charge in [-0.1, -0.05) is 37.3 Å². The molecule has 25 heavy (non-hydrogen) atoms. The lowest BCUT2D eigenvalue weighted by atomic mass is 10.2. The second-order valence-corrected chi connectivity index (χ2v) is 6.21. The zero-order valence-corrected chi connectivity index (χ0v) is 14.9. The highest BCUT2D eigenvalue weighted by atomic mass is 15.4. The molecule has 2 aromatic heterocycles. The van der Waals surface area contributed by atoms with Crippen molar-refractivity contribution in [2.24, 2.45) is 0 Å². The molecular weight excluding hydrogens is 316 g/mol. The number of nitrogens with zero attached hydrogens (tertiary/aromatic N) is 7. The lowest BCUT2D eigenvalue weighted by molar-refractivity contribution is 0.753. The van der Waals surface area contributed by atoms with Crippen LogP contribution in [0.5, 0.6) is 0 Å². The summed E-state index contributed by atoms with van der Waals surface area (Å²) in [7, 11) is 3.82. The average molecular weight is 338 g/mol. The molecule has 3 rings (SSSR count). The summed E-state index contributed by atoms with van der Waals surface area (Å²) in [5, 5.41) is 11.6. The fraction of sp³-hybridized carbons (Fsp3) is 0.353. The van der Waals surface area contributed by atoms with Crippen molar-refractivity contribution in [1.82, 2.24) is 29.9 Å². The van der Waals surface area contributed by atoms with E-state index in [4.69, 9.17) is 0 Å². The Morgan fingerprint density at radius 2 is 1.84 bits per heavy atom. The van der Waals surface area contributed by atoms with E-state index in [1.165, 1.54) is 0 Å². The van der Waals surface area contributed by atoms with Crippen molar-refractivity contribution in [3.8, 4) is 5.69 Å². The van der Waals surface area contributed by atoms with Gasteiger partial charge in [0.1, 0.15) is 11.5 Å². The highest BCUT2D eigenvalue weighted by Gasteiger charge is 2.11. The van der Waals surface area contributed by atoms with Gasteiger partial charge in [0.05, 0.1) is 18.4 Å². The van der Waals surface area contributed by atoms with E-state index in [1.807, 2.05) is 55.5 Å². The molecule has 0 aliphatic rings.